The number of hydrogen-bond acceptors (Lipinski definition) is 6. The van der Waals surface area contributed by atoms with Gasteiger partial charge in [0.25, 0.3) is 5.91 Å². The molecule has 0 bridgehead atoms. The first kappa shape index (κ1) is 24.7. The first-order valence-electron chi connectivity index (χ1n) is 11.1. The van der Waals surface area contributed by atoms with E-state index in [1.807, 2.05) is 6.92 Å². The van der Waals surface area contributed by atoms with Crippen molar-refractivity contribution >= 4 is 28.9 Å². The number of aromatic amines is 1. The van der Waals surface area contributed by atoms with Crippen LogP contribution in [0.3, 0.4) is 0 Å². The van der Waals surface area contributed by atoms with Crippen LogP contribution >= 0.6 is 0 Å². The minimum Gasteiger partial charge on any atom is -0.397 e. The van der Waals surface area contributed by atoms with E-state index >= 15 is 0 Å². The Hall–Kier alpha value is -4.41. The molecule has 1 amide bonds. The Bertz CT molecular complexity index is 1400. The minimum atomic E-state index is -4.55. The Morgan fingerprint density at radius 1 is 1.06 bits per heavy atom. The van der Waals surface area contributed by atoms with Crippen LogP contribution in [0.5, 0.6) is 0 Å². The second kappa shape index (κ2) is 9.68. The number of nitrogens with two attached hydrogens (primary N) is 1. The van der Waals surface area contributed by atoms with Crippen LogP contribution in [0.25, 0.3) is 11.4 Å². The molecule has 2 heterocycles. The van der Waals surface area contributed by atoms with Crippen molar-refractivity contribution in [1.82, 2.24) is 19.9 Å². The average molecular weight is 496 g/mol. The van der Waals surface area contributed by atoms with E-state index in [1.54, 1.807) is 24.4 Å². The molecule has 0 unspecified atom stereocenters. The molecule has 8 nitrogen and oxygen atoms in total. The van der Waals surface area contributed by atoms with Gasteiger partial charge in [-0.2, -0.15) is 13.2 Å². The zero-order chi connectivity index (χ0) is 26.0. The number of halogens is 3. The number of hydrogen-bond donors (Lipinski definition) is 4. The van der Waals surface area contributed by atoms with Crippen molar-refractivity contribution in [2.75, 3.05) is 16.4 Å². The summed E-state index contributed by atoms with van der Waals surface area (Å²) in [6.07, 6.45) is -2.92. The number of nitrogens with one attached hydrogen (secondary N) is 3. The molecule has 4 rings (SSSR count). The zero-order valence-corrected chi connectivity index (χ0v) is 19.7. The van der Waals surface area contributed by atoms with E-state index in [9.17, 15) is 18.0 Å². The van der Waals surface area contributed by atoms with Gasteiger partial charge in [0.05, 0.1) is 34.0 Å². The van der Waals surface area contributed by atoms with E-state index in [-0.39, 0.29) is 22.9 Å². The summed E-state index contributed by atoms with van der Waals surface area (Å²) < 4.78 is 39.0. The molecule has 2 aromatic carbocycles. The fourth-order valence-electron chi connectivity index (χ4n) is 3.55. The fraction of sp³-hybridized carbons (Fsp3) is 0.200. The van der Waals surface area contributed by atoms with Crippen LogP contribution < -0.4 is 16.4 Å². The fourth-order valence-corrected chi connectivity index (χ4v) is 3.55. The van der Waals surface area contributed by atoms with E-state index in [0.717, 1.165) is 35.4 Å². The van der Waals surface area contributed by atoms with Crippen molar-refractivity contribution in [3.8, 4) is 11.4 Å². The summed E-state index contributed by atoms with van der Waals surface area (Å²) in [5.41, 5.74) is 8.03. The third-order valence-corrected chi connectivity index (χ3v) is 5.34. The molecular formula is C25H24F3N7O. The number of nitrogen functional groups attached to an aromatic ring is 1. The van der Waals surface area contributed by atoms with Gasteiger partial charge in [-0.1, -0.05) is 13.8 Å². The number of imidazole rings is 1. The number of aryl methyl sites for hydroxylation is 1. The number of H-pyrrole nitrogens is 1. The molecule has 5 N–H and O–H groups in total. The SMILES string of the molecule is Cc1nc(C(C)C)c(-c2ccnc(Nc3ccc(C(=O)Nc4cc(C(F)(F)F)ccc4N)cc3)n2)[nH]1. The topological polar surface area (TPSA) is 122 Å². The summed E-state index contributed by atoms with van der Waals surface area (Å²) >= 11 is 0. The van der Waals surface area contributed by atoms with Crippen molar-refractivity contribution in [2.45, 2.75) is 32.9 Å². The van der Waals surface area contributed by atoms with Gasteiger partial charge in [-0.15, -0.1) is 0 Å². The lowest BCUT2D eigenvalue weighted by molar-refractivity contribution is -0.137. The van der Waals surface area contributed by atoms with Gasteiger partial charge < -0.3 is 21.4 Å². The van der Waals surface area contributed by atoms with Crippen LogP contribution in [0.2, 0.25) is 0 Å². The first-order valence-corrected chi connectivity index (χ1v) is 11.1. The maximum atomic E-state index is 13.0. The predicted octanol–water partition coefficient (Wildman–Crippen LogP) is 5.90. The quantitative estimate of drug-likeness (QED) is 0.247. The summed E-state index contributed by atoms with van der Waals surface area (Å²) in [5.74, 6) is 0.758. The van der Waals surface area contributed by atoms with Gasteiger partial charge in [0.15, 0.2) is 0 Å². The van der Waals surface area contributed by atoms with Crippen LogP contribution in [0.1, 0.15) is 47.2 Å². The third kappa shape index (κ3) is 5.45. The molecule has 0 fully saturated rings. The smallest absolute Gasteiger partial charge is 0.397 e. The van der Waals surface area contributed by atoms with Crippen LogP contribution in [0, 0.1) is 6.92 Å². The van der Waals surface area contributed by atoms with Gasteiger partial charge in [0, 0.05) is 17.4 Å². The molecule has 4 aromatic rings. The maximum absolute atomic E-state index is 13.0. The van der Waals surface area contributed by atoms with Gasteiger partial charge >= 0.3 is 6.18 Å². The molecule has 2 aromatic heterocycles. The number of rotatable bonds is 6. The normalized spacial score (nSPS) is 11.5. The van der Waals surface area contributed by atoms with Crippen LogP contribution in [0.15, 0.2) is 54.7 Å². The monoisotopic (exact) mass is 495 g/mol. The largest absolute Gasteiger partial charge is 0.416 e. The van der Waals surface area contributed by atoms with E-state index in [1.165, 1.54) is 12.1 Å². The molecule has 0 saturated carbocycles. The lowest BCUT2D eigenvalue weighted by Crippen LogP contribution is -2.14. The van der Waals surface area contributed by atoms with Crippen molar-refractivity contribution in [3.63, 3.8) is 0 Å². The number of alkyl halides is 3. The number of benzene rings is 2. The second-order valence-corrected chi connectivity index (χ2v) is 8.46. The van der Waals surface area contributed by atoms with E-state index in [4.69, 9.17) is 5.73 Å². The van der Waals surface area contributed by atoms with Gasteiger partial charge in [-0.25, -0.2) is 15.0 Å². The predicted molar refractivity (Wildman–Crippen MR) is 132 cm³/mol. The average Bonchev–Trinajstić information content (AvgIpc) is 3.22. The number of nitrogens with zero attached hydrogens (tertiary/aromatic N) is 3. The Balaban J connectivity index is 1.49. The first-order chi connectivity index (χ1) is 17.0. The Morgan fingerprint density at radius 2 is 1.78 bits per heavy atom. The molecular weight excluding hydrogens is 471 g/mol. The molecule has 0 saturated heterocycles. The molecule has 0 radical (unpaired) electrons. The molecule has 0 spiro atoms. The summed E-state index contributed by atoms with van der Waals surface area (Å²) in [7, 11) is 0. The van der Waals surface area contributed by atoms with Crippen LogP contribution in [-0.4, -0.2) is 25.8 Å². The summed E-state index contributed by atoms with van der Waals surface area (Å²) in [6, 6.07) is 10.9. The van der Waals surface area contributed by atoms with Crippen molar-refractivity contribution in [2.24, 2.45) is 0 Å². The summed E-state index contributed by atoms with van der Waals surface area (Å²) in [6.45, 7) is 5.99. The standard InChI is InChI=1S/C25H24F3N7O/c1-13(2)21-22(32-14(3)31-21)19-10-11-30-24(35-19)33-17-7-4-15(5-8-17)23(36)34-20-12-16(25(26,27)28)6-9-18(20)29/h4-13H,29H2,1-3H3,(H,31,32)(H,34,36)(H,30,33,35). The van der Waals surface area contributed by atoms with Crippen molar-refractivity contribution in [3.05, 3.63) is 77.4 Å². The van der Waals surface area contributed by atoms with Gasteiger partial charge in [-0.3, -0.25) is 4.79 Å². The number of amides is 1. The maximum Gasteiger partial charge on any atom is 0.416 e. The summed E-state index contributed by atoms with van der Waals surface area (Å²) in [4.78, 5) is 29.2. The van der Waals surface area contributed by atoms with E-state index < -0.39 is 17.6 Å². The second-order valence-electron chi connectivity index (χ2n) is 8.46. The van der Waals surface area contributed by atoms with Crippen molar-refractivity contribution < 1.29 is 18.0 Å². The highest BCUT2D eigenvalue weighted by atomic mass is 19.4. The number of carbonyl (C=O) groups excluding carboxylic acids is 1. The van der Waals surface area contributed by atoms with Gasteiger partial charge in [0.1, 0.15) is 5.82 Å². The van der Waals surface area contributed by atoms with Gasteiger partial charge in [0.2, 0.25) is 5.95 Å². The number of carbonyl (C=O) groups is 1. The number of anilines is 4. The van der Waals surface area contributed by atoms with E-state index in [2.05, 4.69) is 44.4 Å². The highest BCUT2D eigenvalue weighted by Gasteiger charge is 2.31. The summed E-state index contributed by atoms with van der Waals surface area (Å²) in [5, 5.41) is 5.52. The molecule has 0 aliphatic carbocycles. The molecule has 186 valence electrons. The highest BCUT2D eigenvalue weighted by molar-refractivity contribution is 6.06. The molecule has 0 aliphatic heterocycles. The molecule has 0 atom stereocenters. The Labute approximate surface area is 205 Å². The lowest BCUT2D eigenvalue weighted by Gasteiger charge is -2.13. The lowest BCUT2D eigenvalue weighted by atomic mass is 10.1. The van der Waals surface area contributed by atoms with E-state index in [0.29, 0.717) is 17.3 Å². The number of aromatic nitrogens is 4. The Morgan fingerprint density at radius 3 is 2.44 bits per heavy atom. The molecule has 11 heteroatoms. The minimum absolute atomic E-state index is 0.0275. The zero-order valence-electron chi connectivity index (χ0n) is 19.7. The molecule has 36 heavy (non-hydrogen) atoms. The van der Waals surface area contributed by atoms with Crippen molar-refractivity contribution in [1.29, 1.82) is 0 Å². The van der Waals surface area contributed by atoms with Gasteiger partial charge in [-0.05, 0) is 61.4 Å². The highest BCUT2D eigenvalue weighted by Crippen LogP contribution is 2.33. The van der Waals surface area contributed by atoms with Crippen LogP contribution in [0.4, 0.5) is 36.2 Å². The molecule has 0 aliphatic rings. The Kier molecular flexibility index (Phi) is 6.65. The van der Waals surface area contributed by atoms with Crippen LogP contribution in [-0.2, 0) is 6.18 Å². The third-order valence-electron chi connectivity index (χ3n) is 5.34.